The topological polar surface area (TPSA) is 39.9 Å². The maximum Gasteiger partial charge on any atom is 0.142 e. The summed E-state index contributed by atoms with van der Waals surface area (Å²) in [5.74, 6) is 0. The lowest BCUT2D eigenvalue weighted by molar-refractivity contribution is 0.0799. The van der Waals surface area contributed by atoms with Crippen LogP contribution in [-0.4, -0.2) is 14.9 Å². The van der Waals surface area contributed by atoms with Crippen molar-refractivity contribution in [1.82, 2.24) is 14.9 Å². The Morgan fingerprint density at radius 3 is 2.26 bits per heavy atom. The number of aromatic nitrogens is 3. The van der Waals surface area contributed by atoms with Gasteiger partial charge in [0.05, 0.1) is 22.8 Å². The molecule has 0 radical (unpaired) electrons. The molecule has 0 aliphatic rings. The van der Waals surface area contributed by atoms with Gasteiger partial charge in [-0.05, 0) is 11.6 Å². The second kappa shape index (κ2) is 6.57. The fourth-order valence-corrected chi connectivity index (χ4v) is 3.33. The molecule has 4 heteroatoms. The van der Waals surface area contributed by atoms with Gasteiger partial charge in [-0.2, -0.15) is 0 Å². The van der Waals surface area contributed by atoms with Crippen molar-refractivity contribution < 1.29 is 4.84 Å². The Morgan fingerprint density at radius 1 is 0.741 bits per heavy atom. The smallest absolute Gasteiger partial charge is 0.142 e. The largest absolute Gasteiger partial charge is 0.391 e. The normalized spacial score (nSPS) is 11.1. The zero-order valence-corrected chi connectivity index (χ0v) is 14.6. The molecule has 0 fully saturated rings. The van der Waals surface area contributed by atoms with Crippen molar-refractivity contribution in [2.45, 2.75) is 6.61 Å². The summed E-state index contributed by atoms with van der Waals surface area (Å²) in [5.41, 5.74) is 4.95. The molecule has 2 heterocycles. The van der Waals surface area contributed by atoms with Crippen LogP contribution in [0.25, 0.3) is 33.1 Å². The third kappa shape index (κ3) is 2.81. The first-order chi connectivity index (χ1) is 13.4. The molecule has 0 saturated carbocycles. The molecular weight excluding hydrogens is 334 g/mol. The second-order valence-electron chi connectivity index (χ2n) is 6.38. The summed E-state index contributed by atoms with van der Waals surface area (Å²) >= 11 is 0. The summed E-state index contributed by atoms with van der Waals surface area (Å²) < 4.78 is 0. The van der Waals surface area contributed by atoms with Gasteiger partial charge in [0.25, 0.3) is 0 Å². The predicted octanol–water partition coefficient (Wildman–Crippen LogP) is 4.88. The summed E-state index contributed by atoms with van der Waals surface area (Å²) in [5, 5.41) is 6.51. The third-order valence-electron chi connectivity index (χ3n) is 4.63. The van der Waals surface area contributed by atoms with Crippen LogP contribution in [0.3, 0.4) is 0 Å². The fraction of sp³-hybridized carbons (Fsp3) is 0.0435. The molecule has 0 aliphatic carbocycles. The molecule has 0 N–H and O–H groups in total. The van der Waals surface area contributed by atoms with E-state index in [1.54, 1.807) is 4.85 Å². The maximum atomic E-state index is 6.02. The van der Waals surface area contributed by atoms with Gasteiger partial charge in [-0.1, -0.05) is 83.7 Å². The number of hydrogen-bond acceptors (Lipinski definition) is 3. The summed E-state index contributed by atoms with van der Waals surface area (Å²) in [6.07, 6.45) is 1.84. The Morgan fingerprint density at radius 2 is 1.44 bits per heavy atom. The SMILES string of the molecule is c1ccc(COn2ncc3c(-c4ccccc4)nc4ccccc4c32)cc1. The molecule has 5 rings (SSSR count). The molecule has 0 bridgehead atoms. The van der Waals surface area contributed by atoms with Crippen LogP contribution in [0.4, 0.5) is 0 Å². The van der Waals surface area contributed by atoms with E-state index in [1.807, 2.05) is 72.9 Å². The van der Waals surface area contributed by atoms with Crippen molar-refractivity contribution in [3.8, 4) is 11.3 Å². The van der Waals surface area contributed by atoms with Gasteiger partial charge in [-0.3, -0.25) is 0 Å². The zero-order chi connectivity index (χ0) is 18.1. The van der Waals surface area contributed by atoms with E-state index in [2.05, 4.69) is 23.3 Å². The Labute approximate surface area is 156 Å². The first kappa shape index (κ1) is 15.6. The highest BCUT2D eigenvalue weighted by molar-refractivity contribution is 6.08. The first-order valence-corrected chi connectivity index (χ1v) is 8.89. The molecule has 0 atom stereocenters. The highest BCUT2D eigenvalue weighted by Gasteiger charge is 2.15. The minimum atomic E-state index is 0.453. The van der Waals surface area contributed by atoms with Gasteiger partial charge in [-0.25, -0.2) is 4.98 Å². The third-order valence-corrected chi connectivity index (χ3v) is 4.63. The van der Waals surface area contributed by atoms with E-state index in [0.717, 1.165) is 38.6 Å². The Kier molecular flexibility index (Phi) is 3.79. The van der Waals surface area contributed by atoms with Crippen molar-refractivity contribution >= 4 is 21.8 Å². The average molecular weight is 351 g/mol. The number of nitrogens with zero attached hydrogens (tertiary/aromatic N) is 3. The van der Waals surface area contributed by atoms with Crippen LogP contribution in [-0.2, 0) is 6.61 Å². The number of hydrogen-bond donors (Lipinski definition) is 0. The van der Waals surface area contributed by atoms with Crippen molar-refractivity contribution in [2.75, 3.05) is 0 Å². The summed E-state index contributed by atoms with van der Waals surface area (Å²) in [6, 6.07) is 28.4. The van der Waals surface area contributed by atoms with Gasteiger partial charge < -0.3 is 4.84 Å². The highest BCUT2D eigenvalue weighted by Crippen LogP contribution is 2.31. The molecular formula is C23H17N3O. The molecule has 0 amide bonds. The van der Waals surface area contributed by atoms with Crippen LogP contribution in [0.5, 0.6) is 0 Å². The van der Waals surface area contributed by atoms with E-state index < -0.39 is 0 Å². The highest BCUT2D eigenvalue weighted by atomic mass is 16.7. The second-order valence-corrected chi connectivity index (χ2v) is 6.38. The molecule has 0 unspecified atom stereocenters. The zero-order valence-electron chi connectivity index (χ0n) is 14.6. The molecule has 0 spiro atoms. The van der Waals surface area contributed by atoms with Crippen molar-refractivity contribution in [3.63, 3.8) is 0 Å². The summed E-state index contributed by atoms with van der Waals surface area (Å²) in [4.78, 5) is 12.5. The molecule has 3 aromatic carbocycles. The summed E-state index contributed by atoms with van der Waals surface area (Å²) in [6.45, 7) is 0.453. The predicted molar refractivity (Wildman–Crippen MR) is 107 cm³/mol. The van der Waals surface area contributed by atoms with Crippen LogP contribution >= 0.6 is 0 Å². The maximum absolute atomic E-state index is 6.02. The van der Waals surface area contributed by atoms with Crippen LogP contribution in [0, 0.1) is 0 Å². The molecule has 4 nitrogen and oxygen atoms in total. The monoisotopic (exact) mass is 351 g/mol. The van der Waals surface area contributed by atoms with Crippen molar-refractivity contribution in [1.29, 1.82) is 0 Å². The molecule has 130 valence electrons. The number of rotatable bonds is 4. The van der Waals surface area contributed by atoms with E-state index in [4.69, 9.17) is 9.82 Å². The lowest BCUT2D eigenvalue weighted by Crippen LogP contribution is -2.12. The van der Waals surface area contributed by atoms with Crippen molar-refractivity contribution in [2.24, 2.45) is 0 Å². The Bertz CT molecular complexity index is 1210. The molecule has 0 saturated heterocycles. The van der Waals surface area contributed by atoms with Crippen LogP contribution < -0.4 is 4.84 Å². The molecule has 2 aromatic heterocycles. The molecule has 5 aromatic rings. The molecule has 27 heavy (non-hydrogen) atoms. The standard InChI is InChI=1S/C23H17N3O/c1-3-9-17(10-4-1)16-27-26-23-19-13-7-8-14-21(19)25-22(20(23)15-24-26)18-11-5-2-6-12-18/h1-15H,16H2. The lowest BCUT2D eigenvalue weighted by atomic mass is 10.1. The van der Waals surface area contributed by atoms with Crippen molar-refractivity contribution in [3.05, 3.63) is 96.7 Å². The number of benzene rings is 3. The fourth-order valence-electron chi connectivity index (χ4n) is 3.33. The van der Waals surface area contributed by atoms with Gasteiger partial charge in [0.2, 0.25) is 0 Å². The van der Waals surface area contributed by atoms with Crippen LogP contribution in [0.2, 0.25) is 0 Å². The van der Waals surface area contributed by atoms with Gasteiger partial charge in [0.15, 0.2) is 0 Å². The van der Waals surface area contributed by atoms with Gasteiger partial charge >= 0.3 is 0 Å². The number of fused-ring (bicyclic) bond motifs is 3. The lowest BCUT2D eigenvalue weighted by Gasteiger charge is -2.10. The van der Waals surface area contributed by atoms with Crippen LogP contribution in [0.15, 0.2) is 91.1 Å². The minimum Gasteiger partial charge on any atom is -0.391 e. The average Bonchev–Trinajstić information content (AvgIpc) is 3.17. The van der Waals surface area contributed by atoms with Gasteiger partial charge in [0, 0.05) is 10.9 Å². The van der Waals surface area contributed by atoms with Gasteiger partial charge in [0.1, 0.15) is 12.1 Å². The number of pyridine rings is 1. The Hall–Kier alpha value is -3.66. The quantitative estimate of drug-likeness (QED) is 0.463. The minimum absolute atomic E-state index is 0.453. The Balaban J connectivity index is 1.68. The first-order valence-electron chi connectivity index (χ1n) is 8.89. The number of para-hydroxylation sites is 1. The summed E-state index contributed by atoms with van der Waals surface area (Å²) in [7, 11) is 0. The van der Waals surface area contributed by atoms with Gasteiger partial charge in [-0.15, -0.1) is 5.10 Å². The molecule has 0 aliphatic heterocycles. The van der Waals surface area contributed by atoms with E-state index in [9.17, 15) is 0 Å². The van der Waals surface area contributed by atoms with E-state index >= 15 is 0 Å². The van der Waals surface area contributed by atoms with E-state index in [0.29, 0.717) is 6.61 Å². The van der Waals surface area contributed by atoms with E-state index in [1.165, 1.54) is 0 Å². The van der Waals surface area contributed by atoms with Crippen LogP contribution in [0.1, 0.15) is 5.56 Å². The van der Waals surface area contributed by atoms with E-state index in [-0.39, 0.29) is 0 Å².